The second kappa shape index (κ2) is 7.18. The predicted molar refractivity (Wildman–Crippen MR) is 67.2 cm³/mol. The highest BCUT2D eigenvalue weighted by atomic mass is 35.5. The van der Waals surface area contributed by atoms with E-state index in [9.17, 15) is 14.3 Å². The van der Waals surface area contributed by atoms with Crippen molar-refractivity contribution < 1.29 is 19.0 Å². The molecule has 0 aromatic heterocycles. The standard InChI is InChI=1S/C12H15ClFNO3/c1-2-18-12(17)6-9(16)7-15-8-3-4-11(14)10(13)5-8/h3-5,9,15-16H,2,6-7H2,1H3. The normalized spacial score (nSPS) is 12.0. The van der Waals surface area contributed by atoms with Crippen LogP contribution < -0.4 is 5.32 Å². The Morgan fingerprint density at radius 2 is 2.33 bits per heavy atom. The Labute approximate surface area is 110 Å². The average Bonchev–Trinajstić information content (AvgIpc) is 2.31. The molecule has 0 spiro atoms. The number of aliphatic hydroxyl groups excluding tert-OH is 1. The number of hydrogen-bond acceptors (Lipinski definition) is 4. The highest BCUT2D eigenvalue weighted by Crippen LogP contribution is 2.19. The van der Waals surface area contributed by atoms with Crippen molar-refractivity contribution >= 4 is 23.3 Å². The summed E-state index contributed by atoms with van der Waals surface area (Å²) in [5.41, 5.74) is 0.573. The first-order valence-electron chi connectivity index (χ1n) is 5.55. The number of nitrogens with one attached hydrogen (secondary N) is 1. The van der Waals surface area contributed by atoms with Crippen LogP contribution in [0.3, 0.4) is 0 Å². The van der Waals surface area contributed by atoms with Gasteiger partial charge in [-0.05, 0) is 25.1 Å². The van der Waals surface area contributed by atoms with E-state index in [2.05, 4.69) is 5.32 Å². The molecule has 0 saturated heterocycles. The van der Waals surface area contributed by atoms with Crippen LogP contribution in [0.4, 0.5) is 10.1 Å². The van der Waals surface area contributed by atoms with Gasteiger partial charge in [-0.2, -0.15) is 0 Å². The highest BCUT2D eigenvalue weighted by Gasteiger charge is 2.11. The molecule has 1 aromatic rings. The van der Waals surface area contributed by atoms with Gasteiger partial charge in [-0.15, -0.1) is 0 Å². The van der Waals surface area contributed by atoms with E-state index in [0.29, 0.717) is 5.69 Å². The van der Waals surface area contributed by atoms with Gasteiger partial charge in [-0.25, -0.2) is 4.39 Å². The van der Waals surface area contributed by atoms with E-state index in [-0.39, 0.29) is 24.6 Å². The first-order valence-corrected chi connectivity index (χ1v) is 5.93. The number of benzene rings is 1. The molecule has 1 unspecified atom stereocenters. The van der Waals surface area contributed by atoms with Gasteiger partial charge in [0.2, 0.25) is 0 Å². The maximum absolute atomic E-state index is 12.9. The summed E-state index contributed by atoms with van der Waals surface area (Å²) in [6.45, 7) is 2.14. The van der Waals surface area contributed by atoms with E-state index in [0.717, 1.165) is 0 Å². The minimum absolute atomic E-state index is 0.000109. The van der Waals surface area contributed by atoms with Crippen LogP contribution >= 0.6 is 11.6 Å². The van der Waals surface area contributed by atoms with Crippen molar-refractivity contribution in [2.75, 3.05) is 18.5 Å². The zero-order chi connectivity index (χ0) is 13.5. The molecule has 2 N–H and O–H groups in total. The molecule has 0 aliphatic carbocycles. The third-order valence-electron chi connectivity index (χ3n) is 2.17. The molecule has 18 heavy (non-hydrogen) atoms. The smallest absolute Gasteiger partial charge is 0.308 e. The van der Waals surface area contributed by atoms with Gasteiger partial charge >= 0.3 is 5.97 Å². The molecule has 1 rings (SSSR count). The third kappa shape index (κ3) is 4.89. The Hall–Kier alpha value is -1.33. The van der Waals surface area contributed by atoms with Crippen molar-refractivity contribution in [3.05, 3.63) is 29.0 Å². The van der Waals surface area contributed by atoms with Crippen LogP contribution in [0.5, 0.6) is 0 Å². The molecule has 0 bridgehead atoms. The Kier molecular flexibility index (Phi) is 5.88. The van der Waals surface area contributed by atoms with Gasteiger partial charge in [-0.1, -0.05) is 11.6 Å². The van der Waals surface area contributed by atoms with Crippen molar-refractivity contribution in [1.82, 2.24) is 0 Å². The third-order valence-corrected chi connectivity index (χ3v) is 2.46. The van der Waals surface area contributed by atoms with Crippen molar-refractivity contribution in [2.45, 2.75) is 19.4 Å². The Bertz CT molecular complexity index is 414. The monoisotopic (exact) mass is 275 g/mol. The molecule has 4 nitrogen and oxygen atoms in total. The van der Waals surface area contributed by atoms with Crippen molar-refractivity contribution in [3.63, 3.8) is 0 Å². The Balaban J connectivity index is 2.40. The molecular formula is C12H15ClFNO3. The molecule has 100 valence electrons. The summed E-state index contributed by atoms with van der Waals surface area (Å²) in [7, 11) is 0. The number of carbonyl (C=O) groups excluding carboxylic acids is 1. The van der Waals surface area contributed by atoms with Crippen molar-refractivity contribution in [2.24, 2.45) is 0 Å². The molecule has 0 fully saturated rings. The quantitative estimate of drug-likeness (QED) is 0.782. The van der Waals surface area contributed by atoms with E-state index in [1.807, 2.05) is 0 Å². The molecular weight excluding hydrogens is 261 g/mol. The number of esters is 1. The lowest BCUT2D eigenvalue weighted by atomic mass is 10.2. The minimum atomic E-state index is -0.868. The van der Waals surface area contributed by atoms with E-state index in [1.54, 1.807) is 6.92 Å². The number of carbonyl (C=O) groups is 1. The topological polar surface area (TPSA) is 58.6 Å². The second-order valence-corrected chi connectivity index (χ2v) is 4.08. The fraction of sp³-hybridized carbons (Fsp3) is 0.417. The summed E-state index contributed by atoms with van der Waals surface area (Å²) in [6, 6.07) is 4.13. The fourth-order valence-electron chi connectivity index (χ4n) is 1.33. The Morgan fingerprint density at radius 1 is 1.61 bits per heavy atom. The summed E-state index contributed by atoms with van der Waals surface area (Å²) in [4.78, 5) is 11.1. The van der Waals surface area contributed by atoms with Crippen molar-refractivity contribution in [1.29, 1.82) is 0 Å². The summed E-state index contributed by atoms with van der Waals surface area (Å²) in [5.74, 6) is -0.960. The number of rotatable bonds is 6. The van der Waals surface area contributed by atoms with Crippen LogP contribution in [0.25, 0.3) is 0 Å². The largest absolute Gasteiger partial charge is 0.466 e. The van der Waals surface area contributed by atoms with Crippen LogP contribution in [-0.4, -0.2) is 30.3 Å². The predicted octanol–water partition coefficient (Wildman–Crippen LogP) is 2.21. The summed E-state index contributed by atoms with van der Waals surface area (Å²) >= 11 is 5.60. The average molecular weight is 276 g/mol. The van der Waals surface area contributed by atoms with Gasteiger partial charge in [0.05, 0.1) is 24.2 Å². The summed E-state index contributed by atoms with van der Waals surface area (Å²) in [6.07, 6.45) is -0.955. The zero-order valence-corrected chi connectivity index (χ0v) is 10.7. The Morgan fingerprint density at radius 3 is 2.94 bits per heavy atom. The lowest BCUT2D eigenvalue weighted by Crippen LogP contribution is -2.23. The minimum Gasteiger partial charge on any atom is -0.466 e. The second-order valence-electron chi connectivity index (χ2n) is 3.67. The van der Waals surface area contributed by atoms with Crippen LogP contribution in [0.1, 0.15) is 13.3 Å². The number of halogens is 2. The number of ether oxygens (including phenoxy) is 1. The van der Waals surface area contributed by atoms with Gasteiger partial charge in [-0.3, -0.25) is 4.79 Å². The van der Waals surface area contributed by atoms with E-state index >= 15 is 0 Å². The maximum atomic E-state index is 12.9. The van der Waals surface area contributed by atoms with E-state index in [1.165, 1.54) is 18.2 Å². The lowest BCUT2D eigenvalue weighted by Gasteiger charge is -2.12. The molecule has 0 radical (unpaired) electrons. The number of hydrogen-bond donors (Lipinski definition) is 2. The SMILES string of the molecule is CCOC(=O)CC(O)CNc1ccc(F)c(Cl)c1. The van der Waals surface area contributed by atoms with Crippen molar-refractivity contribution in [3.8, 4) is 0 Å². The molecule has 0 aliphatic heterocycles. The summed E-state index contributed by atoms with van der Waals surface area (Å²) in [5, 5.41) is 12.4. The van der Waals surface area contributed by atoms with Gasteiger partial charge < -0.3 is 15.2 Å². The van der Waals surface area contributed by atoms with Crippen LogP contribution in [0.15, 0.2) is 18.2 Å². The molecule has 1 atom stereocenters. The maximum Gasteiger partial charge on any atom is 0.308 e. The molecule has 0 amide bonds. The lowest BCUT2D eigenvalue weighted by molar-refractivity contribution is -0.145. The van der Waals surface area contributed by atoms with Gasteiger partial charge in [0.1, 0.15) is 5.82 Å². The molecule has 6 heteroatoms. The van der Waals surface area contributed by atoms with Crippen LogP contribution in [0.2, 0.25) is 5.02 Å². The molecule has 0 heterocycles. The van der Waals surface area contributed by atoms with Gasteiger partial charge in [0.25, 0.3) is 0 Å². The van der Waals surface area contributed by atoms with Gasteiger partial charge in [0.15, 0.2) is 0 Å². The first kappa shape index (κ1) is 14.7. The van der Waals surface area contributed by atoms with Gasteiger partial charge in [0, 0.05) is 12.2 Å². The molecule has 0 saturated carbocycles. The number of anilines is 1. The molecule has 0 aliphatic rings. The first-order chi connectivity index (χ1) is 8.52. The highest BCUT2D eigenvalue weighted by molar-refractivity contribution is 6.31. The van der Waals surface area contributed by atoms with Crippen LogP contribution in [0, 0.1) is 5.82 Å². The van der Waals surface area contributed by atoms with Crippen LogP contribution in [-0.2, 0) is 9.53 Å². The fourth-order valence-corrected chi connectivity index (χ4v) is 1.51. The van der Waals surface area contributed by atoms with E-state index in [4.69, 9.17) is 16.3 Å². The molecule has 1 aromatic carbocycles. The number of aliphatic hydroxyl groups is 1. The summed E-state index contributed by atoms with van der Waals surface area (Å²) < 4.78 is 17.6. The van der Waals surface area contributed by atoms with E-state index < -0.39 is 17.9 Å². The zero-order valence-electron chi connectivity index (χ0n) is 9.95.